The molecular weight excluding hydrogens is 360 g/mol. The van der Waals surface area contributed by atoms with Gasteiger partial charge in [-0.3, -0.25) is 9.59 Å². The molecule has 1 heterocycles. The van der Waals surface area contributed by atoms with E-state index in [4.69, 9.17) is 0 Å². The van der Waals surface area contributed by atoms with Gasteiger partial charge in [0.1, 0.15) is 5.70 Å². The number of aryl methyl sites for hydroxylation is 2. The number of rotatable bonds is 2. The van der Waals surface area contributed by atoms with Gasteiger partial charge in [-0.2, -0.15) is 5.11 Å². The highest BCUT2D eigenvalue weighted by Crippen LogP contribution is 2.50. The number of Topliss-reactive ketones (excluding diaryl/α,β-unsaturated/α-hetero) is 2. The highest BCUT2D eigenvalue weighted by atomic mass is 16.1. The van der Waals surface area contributed by atoms with Crippen LogP contribution in [0.1, 0.15) is 43.0 Å². The first kappa shape index (κ1) is 17.4. The maximum Gasteiger partial charge on any atom is 0.214 e. The number of azo groups is 1. The lowest BCUT2D eigenvalue weighted by atomic mass is 9.71. The van der Waals surface area contributed by atoms with Gasteiger partial charge in [0.25, 0.3) is 0 Å². The van der Waals surface area contributed by atoms with Gasteiger partial charge >= 0.3 is 0 Å². The van der Waals surface area contributed by atoms with Gasteiger partial charge in [0, 0.05) is 11.1 Å². The van der Waals surface area contributed by atoms with E-state index in [1.165, 1.54) is 0 Å². The Morgan fingerprint density at radius 1 is 0.655 bits per heavy atom. The highest BCUT2D eigenvalue weighted by Gasteiger charge is 2.51. The summed E-state index contributed by atoms with van der Waals surface area (Å²) in [4.78, 5) is 26.7. The van der Waals surface area contributed by atoms with Crippen molar-refractivity contribution < 1.29 is 9.59 Å². The van der Waals surface area contributed by atoms with Gasteiger partial charge in [-0.15, -0.1) is 5.11 Å². The van der Waals surface area contributed by atoms with Crippen molar-refractivity contribution in [3.8, 4) is 0 Å². The molecule has 1 aliphatic carbocycles. The summed E-state index contributed by atoms with van der Waals surface area (Å²) in [6.07, 6.45) is 0. The molecule has 0 bridgehead atoms. The van der Waals surface area contributed by atoms with Crippen LogP contribution in [0.4, 0.5) is 0 Å². The predicted octanol–water partition coefficient (Wildman–Crippen LogP) is 5.35. The van der Waals surface area contributed by atoms with E-state index in [1.54, 1.807) is 24.3 Å². The van der Waals surface area contributed by atoms with Crippen molar-refractivity contribution in [3.05, 3.63) is 117 Å². The number of carbonyl (C=O) groups excluding carboxylic acids is 2. The van der Waals surface area contributed by atoms with Crippen LogP contribution in [-0.2, 0) is 5.54 Å². The number of ketones is 2. The lowest BCUT2D eigenvalue weighted by Gasteiger charge is -2.30. The molecule has 4 nitrogen and oxygen atoms in total. The number of allylic oxidation sites excluding steroid dienone is 1. The summed E-state index contributed by atoms with van der Waals surface area (Å²) in [6.45, 7) is 4.02. The number of nitrogens with zero attached hydrogens (tertiary/aromatic N) is 2. The van der Waals surface area contributed by atoms with Crippen LogP contribution in [0, 0.1) is 13.8 Å². The third-order valence-corrected chi connectivity index (χ3v) is 5.70. The van der Waals surface area contributed by atoms with E-state index >= 15 is 0 Å². The maximum absolute atomic E-state index is 13.6. The van der Waals surface area contributed by atoms with Crippen LogP contribution < -0.4 is 0 Å². The zero-order valence-corrected chi connectivity index (χ0v) is 16.1. The van der Waals surface area contributed by atoms with Gasteiger partial charge in [0.2, 0.25) is 5.78 Å². The van der Waals surface area contributed by atoms with E-state index in [2.05, 4.69) is 10.2 Å². The molecule has 1 aliphatic heterocycles. The average Bonchev–Trinajstić information content (AvgIpc) is 3.15. The first-order chi connectivity index (χ1) is 14.0. The largest absolute Gasteiger partial charge is 0.289 e. The zero-order valence-electron chi connectivity index (χ0n) is 16.1. The average molecular weight is 378 g/mol. The van der Waals surface area contributed by atoms with Crippen molar-refractivity contribution in [1.82, 2.24) is 0 Å². The second-order valence-corrected chi connectivity index (χ2v) is 7.57. The molecule has 4 heteroatoms. The summed E-state index contributed by atoms with van der Waals surface area (Å²) < 4.78 is 0. The van der Waals surface area contributed by atoms with Crippen LogP contribution in [0.2, 0.25) is 0 Å². The van der Waals surface area contributed by atoms with E-state index in [0.717, 1.165) is 22.3 Å². The van der Waals surface area contributed by atoms with Crippen molar-refractivity contribution in [1.29, 1.82) is 0 Å². The Morgan fingerprint density at radius 2 is 1.14 bits per heavy atom. The second kappa shape index (κ2) is 6.17. The van der Waals surface area contributed by atoms with Crippen LogP contribution in [0.5, 0.6) is 0 Å². The van der Waals surface area contributed by atoms with Crippen molar-refractivity contribution in [2.75, 3.05) is 0 Å². The third kappa shape index (κ3) is 2.39. The van der Waals surface area contributed by atoms with Gasteiger partial charge in [0.15, 0.2) is 11.3 Å². The molecule has 2 aliphatic rings. The molecule has 3 aromatic rings. The van der Waals surface area contributed by atoms with E-state index in [9.17, 15) is 9.59 Å². The molecule has 0 saturated heterocycles. The van der Waals surface area contributed by atoms with Crippen LogP contribution in [0.3, 0.4) is 0 Å². The molecule has 0 N–H and O–H groups in total. The molecule has 29 heavy (non-hydrogen) atoms. The third-order valence-electron chi connectivity index (χ3n) is 5.70. The van der Waals surface area contributed by atoms with Crippen molar-refractivity contribution in [3.63, 3.8) is 0 Å². The molecule has 3 aromatic carbocycles. The maximum atomic E-state index is 13.6. The summed E-state index contributed by atoms with van der Waals surface area (Å²) in [6, 6.07) is 22.7. The molecule has 0 atom stereocenters. The Balaban J connectivity index is 1.82. The van der Waals surface area contributed by atoms with Gasteiger partial charge in [-0.1, -0.05) is 83.9 Å². The Kier molecular flexibility index (Phi) is 3.71. The molecule has 0 aromatic heterocycles. The van der Waals surface area contributed by atoms with Crippen LogP contribution in [0.25, 0.3) is 0 Å². The molecule has 0 radical (unpaired) electrons. The second-order valence-electron chi connectivity index (χ2n) is 7.57. The van der Waals surface area contributed by atoms with Crippen LogP contribution in [0.15, 0.2) is 94.3 Å². The van der Waals surface area contributed by atoms with Crippen LogP contribution in [-0.4, -0.2) is 11.6 Å². The quantitative estimate of drug-likeness (QED) is 0.604. The van der Waals surface area contributed by atoms with Crippen molar-refractivity contribution in [2.24, 2.45) is 10.2 Å². The summed E-state index contributed by atoms with van der Waals surface area (Å²) in [5.74, 6) is -0.443. The first-order valence-corrected chi connectivity index (χ1v) is 9.53. The van der Waals surface area contributed by atoms with Gasteiger partial charge in [-0.05, 0) is 25.0 Å². The number of fused-ring (bicyclic) bond motifs is 1. The van der Waals surface area contributed by atoms with Crippen molar-refractivity contribution in [2.45, 2.75) is 19.4 Å². The number of benzene rings is 3. The molecule has 140 valence electrons. The summed E-state index contributed by atoms with van der Waals surface area (Å²) in [5.41, 5.74) is 4.01. The molecule has 5 rings (SSSR count). The fourth-order valence-electron chi connectivity index (χ4n) is 4.13. The minimum atomic E-state index is -1.13. The molecule has 0 fully saturated rings. The molecule has 0 unspecified atom stereocenters. The Hall–Kier alpha value is -3.66. The predicted molar refractivity (Wildman–Crippen MR) is 110 cm³/mol. The van der Waals surface area contributed by atoms with Gasteiger partial charge in [0.05, 0.1) is 5.57 Å². The zero-order chi connectivity index (χ0) is 20.2. The standard InChI is InChI=1S/C25H18N2O2/c1-15-7-11-17(12-8-15)25(18-13-9-16(2)10-14-18)21-22(26-27-25)24(29)20-6-4-3-5-19(20)23(21)28/h3-14H,1-2H3. The van der Waals surface area contributed by atoms with Crippen molar-refractivity contribution >= 4 is 11.6 Å². The normalized spacial score (nSPS) is 16.8. The highest BCUT2D eigenvalue weighted by molar-refractivity contribution is 6.28. The van der Waals surface area contributed by atoms with E-state index < -0.39 is 5.54 Å². The Labute approximate surface area is 168 Å². The van der Waals surface area contributed by atoms with Gasteiger partial charge < -0.3 is 0 Å². The van der Waals surface area contributed by atoms with E-state index in [1.807, 2.05) is 62.4 Å². The van der Waals surface area contributed by atoms with E-state index in [0.29, 0.717) is 16.7 Å². The van der Waals surface area contributed by atoms with Crippen LogP contribution >= 0.6 is 0 Å². The minimum absolute atomic E-state index is 0.148. The summed E-state index contributed by atoms with van der Waals surface area (Å²) in [7, 11) is 0. The first-order valence-electron chi connectivity index (χ1n) is 9.53. The number of carbonyl (C=O) groups is 2. The molecule has 0 saturated carbocycles. The Bertz CT molecular complexity index is 1190. The molecule has 0 spiro atoms. The lowest BCUT2D eigenvalue weighted by Crippen LogP contribution is -2.34. The summed E-state index contributed by atoms with van der Waals surface area (Å²) in [5, 5.41) is 8.88. The lowest BCUT2D eigenvalue weighted by molar-refractivity contribution is 0.0969. The van der Waals surface area contributed by atoms with Gasteiger partial charge in [-0.25, -0.2) is 0 Å². The molecular formula is C25H18N2O2. The van der Waals surface area contributed by atoms with E-state index in [-0.39, 0.29) is 17.3 Å². The SMILES string of the molecule is Cc1ccc(C2(c3ccc(C)cc3)N=NC3=C2C(=O)c2ccccc2C3=O)cc1. The Morgan fingerprint density at radius 3 is 1.66 bits per heavy atom. The number of hydrogen-bond donors (Lipinski definition) is 0. The number of hydrogen-bond acceptors (Lipinski definition) is 4. The molecule has 0 amide bonds. The fraction of sp³-hybridized carbons (Fsp3) is 0.120. The fourth-order valence-corrected chi connectivity index (χ4v) is 4.13. The smallest absolute Gasteiger partial charge is 0.214 e. The minimum Gasteiger partial charge on any atom is -0.289 e. The monoisotopic (exact) mass is 378 g/mol. The summed E-state index contributed by atoms with van der Waals surface area (Å²) >= 11 is 0. The topological polar surface area (TPSA) is 58.9 Å².